The third kappa shape index (κ3) is 3.85. The number of nitrogens with one attached hydrogen (secondary N) is 1. The second-order valence-corrected chi connectivity index (χ2v) is 4.98. The van der Waals surface area contributed by atoms with Crippen LogP contribution in [-0.2, 0) is 4.79 Å². The number of hydrogen-bond acceptors (Lipinski definition) is 3. The number of para-hydroxylation sites is 1. The van der Waals surface area contributed by atoms with Crippen LogP contribution in [0.1, 0.15) is 22.8 Å². The second kappa shape index (κ2) is 6.76. The molecule has 0 aromatic heterocycles. The number of ether oxygens (including phenoxy) is 1. The van der Waals surface area contributed by atoms with Crippen LogP contribution in [0.2, 0.25) is 0 Å². The minimum atomic E-state index is -0.762. The summed E-state index contributed by atoms with van der Waals surface area (Å²) in [5, 5.41) is 2.76. The van der Waals surface area contributed by atoms with Crippen molar-refractivity contribution in [3.05, 3.63) is 59.7 Å². The highest BCUT2D eigenvalue weighted by molar-refractivity contribution is 5.96. The number of hydrogen-bond donors (Lipinski definition) is 2. The van der Waals surface area contributed by atoms with Gasteiger partial charge in [0.2, 0.25) is 0 Å². The van der Waals surface area contributed by atoms with E-state index in [1.54, 1.807) is 31.2 Å². The maximum atomic E-state index is 12.1. The maximum absolute atomic E-state index is 12.1. The summed E-state index contributed by atoms with van der Waals surface area (Å²) in [4.78, 5) is 23.5. The van der Waals surface area contributed by atoms with Gasteiger partial charge in [-0.2, -0.15) is 0 Å². The van der Waals surface area contributed by atoms with Crippen molar-refractivity contribution in [2.45, 2.75) is 20.0 Å². The highest BCUT2D eigenvalue weighted by atomic mass is 16.5. The Hall–Kier alpha value is -2.82. The van der Waals surface area contributed by atoms with Gasteiger partial charge in [-0.1, -0.05) is 29.8 Å². The van der Waals surface area contributed by atoms with Crippen LogP contribution in [0.4, 0.5) is 5.69 Å². The second-order valence-electron chi connectivity index (χ2n) is 4.98. The van der Waals surface area contributed by atoms with Gasteiger partial charge in [-0.15, -0.1) is 0 Å². The molecule has 2 aromatic carbocycles. The van der Waals surface area contributed by atoms with Crippen molar-refractivity contribution in [2.24, 2.45) is 5.73 Å². The summed E-state index contributed by atoms with van der Waals surface area (Å²) in [6.45, 7) is 3.58. The smallest absolute Gasteiger partial charge is 0.265 e. The van der Waals surface area contributed by atoms with Crippen LogP contribution in [0.5, 0.6) is 5.75 Å². The van der Waals surface area contributed by atoms with E-state index in [1.165, 1.54) is 0 Å². The summed E-state index contributed by atoms with van der Waals surface area (Å²) >= 11 is 0. The SMILES string of the molecule is Cc1ccc(NC(=O)[C@@H](C)Oc2ccccc2C(N)=O)cc1. The van der Waals surface area contributed by atoms with Crippen molar-refractivity contribution in [3.63, 3.8) is 0 Å². The highest BCUT2D eigenvalue weighted by Gasteiger charge is 2.17. The van der Waals surface area contributed by atoms with Gasteiger partial charge in [0.1, 0.15) is 5.75 Å². The van der Waals surface area contributed by atoms with Crippen molar-refractivity contribution in [1.29, 1.82) is 0 Å². The van der Waals surface area contributed by atoms with Crippen molar-refractivity contribution in [1.82, 2.24) is 0 Å². The molecule has 2 amide bonds. The molecule has 22 heavy (non-hydrogen) atoms. The van der Waals surface area contributed by atoms with Crippen LogP contribution < -0.4 is 15.8 Å². The molecular weight excluding hydrogens is 280 g/mol. The molecule has 0 aliphatic rings. The van der Waals surface area contributed by atoms with Crippen LogP contribution in [0.3, 0.4) is 0 Å². The Morgan fingerprint density at radius 3 is 2.36 bits per heavy atom. The quantitative estimate of drug-likeness (QED) is 0.889. The van der Waals surface area contributed by atoms with E-state index in [1.807, 2.05) is 31.2 Å². The standard InChI is InChI=1S/C17H18N2O3/c1-11-7-9-13(10-8-11)19-17(21)12(2)22-15-6-4-3-5-14(15)16(18)20/h3-10,12H,1-2H3,(H2,18,20)(H,19,21)/t12-/m1/s1. The van der Waals surface area contributed by atoms with Gasteiger partial charge in [0.15, 0.2) is 6.10 Å². The molecular formula is C17H18N2O3. The number of aryl methyl sites for hydroxylation is 1. The van der Waals surface area contributed by atoms with Crippen LogP contribution in [0, 0.1) is 6.92 Å². The van der Waals surface area contributed by atoms with E-state index >= 15 is 0 Å². The lowest BCUT2D eigenvalue weighted by atomic mass is 10.2. The molecule has 5 heteroatoms. The van der Waals surface area contributed by atoms with Gasteiger partial charge in [-0.25, -0.2) is 0 Å². The first-order valence-corrected chi connectivity index (χ1v) is 6.90. The van der Waals surface area contributed by atoms with Gasteiger partial charge in [-0.05, 0) is 38.1 Å². The van der Waals surface area contributed by atoms with E-state index in [0.717, 1.165) is 5.56 Å². The molecule has 0 saturated heterocycles. The molecule has 2 aromatic rings. The van der Waals surface area contributed by atoms with Gasteiger partial charge < -0.3 is 15.8 Å². The molecule has 0 fully saturated rings. The van der Waals surface area contributed by atoms with E-state index in [0.29, 0.717) is 11.4 Å². The Bertz CT molecular complexity index is 681. The van der Waals surface area contributed by atoms with Crippen LogP contribution in [0.25, 0.3) is 0 Å². The summed E-state index contributed by atoms with van der Waals surface area (Å²) in [6, 6.07) is 14.0. The zero-order valence-corrected chi connectivity index (χ0v) is 12.5. The molecule has 3 N–H and O–H groups in total. The predicted octanol–water partition coefficient (Wildman–Crippen LogP) is 2.50. The third-order valence-electron chi connectivity index (χ3n) is 3.14. The van der Waals surface area contributed by atoms with Crippen molar-refractivity contribution >= 4 is 17.5 Å². The average Bonchev–Trinajstić information content (AvgIpc) is 2.49. The lowest BCUT2D eigenvalue weighted by molar-refractivity contribution is -0.122. The van der Waals surface area contributed by atoms with Gasteiger partial charge in [-0.3, -0.25) is 9.59 Å². The molecule has 0 bridgehead atoms. The zero-order valence-electron chi connectivity index (χ0n) is 12.5. The van der Waals surface area contributed by atoms with Crippen LogP contribution in [0.15, 0.2) is 48.5 Å². The maximum Gasteiger partial charge on any atom is 0.265 e. The first-order chi connectivity index (χ1) is 10.5. The first kappa shape index (κ1) is 15.6. The Balaban J connectivity index is 2.05. The summed E-state index contributed by atoms with van der Waals surface area (Å²) < 4.78 is 5.55. The van der Waals surface area contributed by atoms with Crippen molar-refractivity contribution < 1.29 is 14.3 Å². The highest BCUT2D eigenvalue weighted by Crippen LogP contribution is 2.19. The van der Waals surface area contributed by atoms with Crippen LogP contribution >= 0.6 is 0 Å². The molecule has 5 nitrogen and oxygen atoms in total. The summed E-state index contributed by atoms with van der Waals surface area (Å²) in [5.74, 6) is -0.605. The van der Waals surface area contributed by atoms with E-state index in [-0.39, 0.29) is 11.5 Å². The van der Waals surface area contributed by atoms with Gasteiger partial charge in [0.05, 0.1) is 5.56 Å². The Morgan fingerprint density at radius 1 is 1.09 bits per heavy atom. The molecule has 2 rings (SSSR count). The lowest BCUT2D eigenvalue weighted by Gasteiger charge is -2.16. The normalized spacial score (nSPS) is 11.5. The molecule has 0 heterocycles. The fraction of sp³-hybridized carbons (Fsp3) is 0.176. The number of nitrogens with two attached hydrogens (primary N) is 1. The third-order valence-corrected chi connectivity index (χ3v) is 3.14. The molecule has 114 valence electrons. The monoisotopic (exact) mass is 298 g/mol. The number of amides is 2. The number of benzene rings is 2. The topological polar surface area (TPSA) is 81.4 Å². The number of rotatable bonds is 5. The Labute approximate surface area is 129 Å². The van der Waals surface area contributed by atoms with Gasteiger partial charge in [0.25, 0.3) is 11.8 Å². The van der Waals surface area contributed by atoms with E-state index in [4.69, 9.17) is 10.5 Å². The van der Waals surface area contributed by atoms with Gasteiger partial charge >= 0.3 is 0 Å². The average molecular weight is 298 g/mol. The van der Waals surface area contributed by atoms with Crippen LogP contribution in [-0.4, -0.2) is 17.9 Å². The number of anilines is 1. The lowest BCUT2D eigenvalue weighted by Crippen LogP contribution is -2.30. The minimum absolute atomic E-state index is 0.248. The molecule has 0 radical (unpaired) electrons. The first-order valence-electron chi connectivity index (χ1n) is 6.90. The number of carbonyl (C=O) groups excluding carboxylic acids is 2. The molecule has 0 unspecified atom stereocenters. The van der Waals surface area contributed by atoms with Crippen molar-refractivity contribution in [2.75, 3.05) is 5.32 Å². The Morgan fingerprint density at radius 2 is 1.73 bits per heavy atom. The fourth-order valence-corrected chi connectivity index (χ4v) is 1.90. The van der Waals surface area contributed by atoms with E-state index in [9.17, 15) is 9.59 Å². The Kier molecular flexibility index (Phi) is 4.78. The van der Waals surface area contributed by atoms with E-state index in [2.05, 4.69) is 5.32 Å². The summed E-state index contributed by atoms with van der Waals surface area (Å²) in [7, 11) is 0. The van der Waals surface area contributed by atoms with Crippen molar-refractivity contribution in [3.8, 4) is 5.75 Å². The summed E-state index contributed by atoms with van der Waals surface area (Å²) in [6.07, 6.45) is -0.762. The number of primary amides is 1. The molecule has 1 atom stereocenters. The number of carbonyl (C=O) groups is 2. The zero-order chi connectivity index (χ0) is 16.1. The minimum Gasteiger partial charge on any atom is -0.480 e. The molecule has 0 aliphatic carbocycles. The fourth-order valence-electron chi connectivity index (χ4n) is 1.90. The largest absolute Gasteiger partial charge is 0.480 e. The molecule has 0 saturated carbocycles. The predicted molar refractivity (Wildman–Crippen MR) is 84.9 cm³/mol. The van der Waals surface area contributed by atoms with Gasteiger partial charge in [0, 0.05) is 5.69 Å². The molecule has 0 spiro atoms. The summed E-state index contributed by atoms with van der Waals surface area (Å²) in [5.41, 5.74) is 7.33. The molecule has 0 aliphatic heterocycles. The van der Waals surface area contributed by atoms with E-state index < -0.39 is 12.0 Å².